The number of carbonyl (C=O) groups is 1. The molecule has 8 nitrogen and oxygen atoms in total. The monoisotopic (exact) mass is 422 g/mol. The summed E-state index contributed by atoms with van der Waals surface area (Å²) in [5.74, 6) is 1.19. The number of aromatic nitrogens is 3. The normalized spacial score (nSPS) is 10.6. The molecule has 4 aromatic rings. The van der Waals surface area contributed by atoms with Crippen molar-refractivity contribution in [2.24, 2.45) is 0 Å². The van der Waals surface area contributed by atoms with Gasteiger partial charge in [-0.25, -0.2) is 14.1 Å². The zero-order valence-electron chi connectivity index (χ0n) is 16.6. The fraction of sp³-hybridized carbons (Fsp3) is 0.136. The van der Waals surface area contributed by atoms with E-state index in [-0.39, 0.29) is 24.1 Å². The quantitative estimate of drug-likeness (QED) is 0.463. The van der Waals surface area contributed by atoms with Crippen LogP contribution in [-0.2, 0) is 13.2 Å². The summed E-state index contributed by atoms with van der Waals surface area (Å²) in [6.07, 6.45) is 1.45. The molecule has 0 saturated heterocycles. The van der Waals surface area contributed by atoms with Crippen molar-refractivity contribution in [2.75, 3.05) is 12.4 Å². The number of ether oxygens (including phenoxy) is 2. The highest BCUT2D eigenvalue weighted by atomic mass is 19.1. The van der Waals surface area contributed by atoms with Gasteiger partial charge in [-0.2, -0.15) is 0 Å². The Kier molecular flexibility index (Phi) is 5.93. The first-order valence-corrected chi connectivity index (χ1v) is 9.40. The van der Waals surface area contributed by atoms with Gasteiger partial charge in [-0.05, 0) is 42.0 Å². The first kappa shape index (κ1) is 20.1. The molecule has 0 atom stereocenters. The number of amides is 1. The van der Waals surface area contributed by atoms with Crippen molar-refractivity contribution < 1.29 is 23.1 Å². The summed E-state index contributed by atoms with van der Waals surface area (Å²) in [6, 6.07) is 16.6. The molecule has 2 aromatic heterocycles. The van der Waals surface area contributed by atoms with Gasteiger partial charge in [0, 0.05) is 6.07 Å². The third-order valence-electron chi connectivity index (χ3n) is 4.30. The molecule has 0 spiro atoms. The number of hydrogen-bond donors (Lipinski definition) is 1. The summed E-state index contributed by atoms with van der Waals surface area (Å²) >= 11 is 0. The fourth-order valence-corrected chi connectivity index (χ4v) is 2.84. The maximum Gasteiger partial charge on any atom is 0.293 e. The van der Waals surface area contributed by atoms with E-state index in [2.05, 4.69) is 15.4 Å². The number of rotatable bonds is 8. The summed E-state index contributed by atoms with van der Waals surface area (Å²) in [6.45, 7) is 0.480. The van der Waals surface area contributed by atoms with E-state index in [9.17, 15) is 9.18 Å². The highest BCUT2D eigenvalue weighted by Gasteiger charge is 2.14. The molecule has 31 heavy (non-hydrogen) atoms. The SMILES string of the molecule is COc1cccc(OCc2ccc(C(=O)Nc3ncn(Cc4cccc(F)c4)n3)o2)c1. The number of halogens is 1. The van der Waals surface area contributed by atoms with E-state index in [1.54, 1.807) is 43.5 Å². The molecule has 158 valence electrons. The van der Waals surface area contributed by atoms with E-state index in [0.717, 1.165) is 5.56 Å². The van der Waals surface area contributed by atoms with Crippen LogP contribution in [0.3, 0.4) is 0 Å². The van der Waals surface area contributed by atoms with Crippen LogP contribution >= 0.6 is 0 Å². The van der Waals surface area contributed by atoms with E-state index in [1.807, 2.05) is 12.1 Å². The standard InChI is InChI=1S/C22H19FN4O4/c1-29-17-6-3-7-18(11-17)30-13-19-8-9-20(31-19)21(28)25-22-24-14-27(26-22)12-15-4-2-5-16(23)10-15/h2-11,14H,12-13H2,1H3,(H,25,26,28). The van der Waals surface area contributed by atoms with Crippen LogP contribution in [0.5, 0.6) is 11.5 Å². The summed E-state index contributed by atoms with van der Waals surface area (Å²) in [4.78, 5) is 16.4. The van der Waals surface area contributed by atoms with Gasteiger partial charge < -0.3 is 13.9 Å². The van der Waals surface area contributed by atoms with Crippen molar-refractivity contribution >= 4 is 11.9 Å². The Bertz CT molecular complexity index is 1190. The maximum atomic E-state index is 13.3. The molecular weight excluding hydrogens is 403 g/mol. The molecule has 0 aliphatic rings. The Morgan fingerprint density at radius 2 is 1.97 bits per heavy atom. The molecule has 0 radical (unpaired) electrons. The second kappa shape index (κ2) is 9.12. The molecule has 0 aliphatic carbocycles. The zero-order valence-corrected chi connectivity index (χ0v) is 16.6. The molecular formula is C22H19FN4O4. The Labute approximate surface area is 177 Å². The molecule has 1 N–H and O–H groups in total. The number of carbonyl (C=O) groups excluding carboxylic acids is 1. The molecule has 2 heterocycles. The predicted molar refractivity (Wildman–Crippen MR) is 110 cm³/mol. The molecule has 0 unspecified atom stereocenters. The Hall–Kier alpha value is -4.14. The summed E-state index contributed by atoms with van der Waals surface area (Å²) < 4.78 is 31.1. The van der Waals surface area contributed by atoms with Crippen LogP contribution in [0.15, 0.2) is 71.4 Å². The molecule has 9 heteroatoms. The maximum absolute atomic E-state index is 13.3. The molecule has 0 bridgehead atoms. The van der Waals surface area contributed by atoms with Crippen LogP contribution in [0, 0.1) is 5.82 Å². The van der Waals surface area contributed by atoms with Crippen LogP contribution in [0.2, 0.25) is 0 Å². The van der Waals surface area contributed by atoms with Gasteiger partial charge in [0.1, 0.15) is 36.0 Å². The van der Waals surface area contributed by atoms with Crippen molar-refractivity contribution in [1.29, 1.82) is 0 Å². The molecule has 0 fully saturated rings. The van der Waals surface area contributed by atoms with Crippen LogP contribution in [0.25, 0.3) is 0 Å². The molecule has 0 aliphatic heterocycles. The third-order valence-corrected chi connectivity index (χ3v) is 4.30. The lowest BCUT2D eigenvalue weighted by atomic mass is 10.2. The van der Waals surface area contributed by atoms with Gasteiger partial charge in [0.25, 0.3) is 5.91 Å². The number of anilines is 1. The van der Waals surface area contributed by atoms with Gasteiger partial charge in [-0.1, -0.05) is 18.2 Å². The minimum Gasteiger partial charge on any atom is -0.497 e. The summed E-state index contributed by atoms with van der Waals surface area (Å²) in [5.41, 5.74) is 0.731. The lowest BCUT2D eigenvalue weighted by Gasteiger charge is -2.06. The number of hydrogen-bond acceptors (Lipinski definition) is 6. The first-order chi connectivity index (χ1) is 15.1. The topological polar surface area (TPSA) is 91.4 Å². The lowest BCUT2D eigenvalue weighted by molar-refractivity contribution is 0.0991. The van der Waals surface area contributed by atoms with Crippen molar-refractivity contribution in [3.63, 3.8) is 0 Å². The van der Waals surface area contributed by atoms with Gasteiger partial charge in [0.05, 0.1) is 13.7 Å². The lowest BCUT2D eigenvalue weighted by Crippen LogP contribution is -2.12. The highest BCUT2D eigenvalue weighted by molar-refractivity contribution is 6.01. The van der Waals surface area contributed by atoms with Gasteiger partial charge in [-0.3, -0.25) is 10.1 Å². The number of methoxy groups -OCH3 is 1. The molecule has 2 aromatic carbocycles. The van der Waals surface area contributed by atoms with Crippen molar-refractivity contribution in [1.82, 2.24) is 14.8 Å². The first-order valence-electron chi connectivity index (χ1n) is 9.40. The van der Waals surface area contributed by atoms with E-state index in [1.165, 1.54) is 23.1 Å². The minimum atomic E-state index is -0.490. The Balaban J connectivity index is 1.33. The summed E-state index contributed by atoms with van der Waals surface area (Å²) in [7, 11) is 1.58. The van der Waals surface area contributed by atoms with E-state index in [0.29, 0.717) is 23.8 Å². The zero-order chi connectivity index (χ0) is 21.6. The second-order valence-corrected chi connectivity index (χ2v) is 6.58. The van der Waals surface area contributed by atoms with Crippen molar-refractivity contribution in [2.45, 2.75) is 13.2 Å². The van der Waals surface area contributed by atoms with E-state index in [4.69, 9.17) is 13.9 Å². The molecule has 4 rings (SSSR count). The second-order valence-electron chi connectivity index (χ2n) is 6.58. The third kappa shape index (κ3) is 5.27. The average Bonchev–Trinajstić information content (AvgIpc) is 3.42. The number of benzene rings is 2. The number of nitrogens with one attached hydrogen (secondary N) is 1. The predicted octanol–water partition coefficient (Wildman–Crippen LogP) is 3.90. The summed E-state index contributed by atoms with van der Waals surface area (Å²) in [5, 5.41) is 6.74. The van der Waals surface area contributed by atoms with Crippen LogP contribution in [0.4, 0.5) is 10.3 Å². The van der Waals surface area contributed by atoms with Gasteiger partial charge >= 0.3 is 0 Å². The molecule has 0 saturated carbocycles. The smallest absolute Gasteiger partial charge is 0.293 e. The van der Waals surface area contributed by atoms with Gasteiger partial charge in [0.15, 0.2) is 5.76 Å². The highest BCUT2D eigenvalue weighted by Crippen LogP contribution is 2.20. The van der Waals surface area contributed by atoms with E-state index < -0.39 is 5.91 Å². The van der Waals surface area contributed by atoms with E-state index >= 15 is 0 Å². The van der Waals surface area contributed by atoms with Crippen LogP contribution < -0.4 is 14.8 Å². The van der Waals surface area contributed by atoms with Gasteiger partial charge in [0.2, 0.25) is 5.95 Å². The van der Waals surface area contributed by atoms with Crippen LogP contribution in [-0.4, -0.2) is 27.8 Å². The van der Waals surface area contributed by atoms with Crippen molar-refractivity contribution in [3.8, 4) is 11.5 Å². The number of furan rings is 1. The Morgan fingerprint density at radius 1 is 1.13 bits per heavy atom. The largest absolute Gasteiger partial charge is 0.497 e. The fourth-order valence-electron chi connectivity index (χ4n) is 2.84. The number of nitrogens with zero attached hydrogens (tertiary/aromatic N) is 3. The van der Waals surface area contributed by atoms with Crippen LogP contribution in [0.1, 0.15) is 21.9 Å². The molecule has 1 amide bonds. The van der Waals surface area contributed by atoms with Crippen molar-refractivity contribution in [3.05, 3.63) is 89.9 Å². The van der Waals surface area contributed by atoms with Gasteiger partial charge in [-0.15, -0.1) is 5.10 Å². The Morgan fingerprint density at radius 3 is 2.81 bits per heavy atom. The minimum absolute atomic E-state index is 0.103. The average molecular weight is 422 g/mol.